The van der Waals surface area contributed by atoms with Crippen LogP contribution >= 0.6 is 0 Å². The number of piperidine rings is 1. The van der Waals surface area contributed by atoms with E-state index in [1.54, 1.807) is 42.7 Å². The predicted molar refractivity (Wildman–Crippen MR) is 129 cm³/mol. The number of nitrogens with one attached hydrogen (secondary N) is 1. The maximum Gasteiger partial charge on any atom is 0.257 e. The van der Waals surface area contributed by atoms with Gasteiger partial charge in [0.15, 0.2) is 5.75 Å². The summed E-state index contributed by atoms with van der Waals surface area (Å²) >= 11 is 0. The number of hydrogen-bond donors (Lipinski definition) is 2. The number of ether oxygens (including phenoxy) is 2. The molecule has 0 radical (unpaired) electrons. The topological polar surface area (TPSA) is 114 Å². The summed E-state index contributed by atoms with van der Waals surface area (Å²) in [7, 11) is -0.726. The van der Waals surface area contributed by atoms with E-state index in [9.17, 15) is 13.5 Å². The van der Waals surface area contributed by atoms with Crippen LogP contribution in [0.1, 0.15) is 12.0 Å². The molecule has 1 fully saturated rings. The van der Waals surface area contributed by atoms with Gasteiger partial charge in [0.05, 0.1) is 31.3 Å². The fourth-order valence-corrected chi connectivity index (χ4v) is 5.46. The van der Waals surface area contributed by atoms with Crippen molar-refractivity contribution in [1.29, 1.82) is 0 Å². The Labute approximate surface area is 199 Å². The van der Waals surface area contributed by atoms with Crippen LogP contribution in [0, 0.1) is 6.92 Å². The Balaban J connectivity index is 1.48. The Hall–Kier alpha value is -3.21. The normalized spacial score (nSPS) is 18.9. The van der Waals surface area contributed by atoms with Gasteiger partial charge in [0.25, 0.3) is 5.88 Å². The number of rotatable bonds is 7. The van der Waals surface area contributed by atoms with E-state index < -0.39 is 16.1 Å². The number of aliphatic hydroxyl groups excluding tert-OH is 1. The second-order valence-electron chi connectivity index (χ2n) is 8.12. The molecule has 0 unspecified atom stereocenters. The Morgan fingerprint density at radius 3 is 2.44 bits per heavy atom. The maximum atomic E-state index is 13.2. The smallest absolute Gasteiger partial charge is 0.257 e. The van der Waals surface area contributed by atoms with Crippen LogP contribution in [0.3, 0.4) is 0 Å². The SMILES string of the molecule is COc1nccc(-c2ccc(S(=O)(=O)N3CC[C@@H](Nc4ccc(C)cn4)[C@@H](O)C3)cc2)c1OC. The number of hydrogen-bond acceptors (Lipinski definition) is 8. The molecule has 3 heterocycles. The molecule has 1 saturated heterocycles. The Bertz CT molecular complexity index is 1230. The second kappa shape index (κ2) is 9.96. The number of aromatic nitrogens is 2. The van der Waals surface area contributed by atoms with Gasteiger partial charge in [-0.05, 0) is 48.7 Å². The van der Waals surface area contributed by atoms with E-state index >= 15 is 0 Å². The van der Waals surface area contributed by atoms with Crippen molar-refractivity contribution < 1.29 is 23.0 Å². The highest BCUT2D eigenvalue weighted by Gasteiger charge is 2.35. The molecule has 180 valence electrons. The number of methoxy groups -OCH3 is 2. The molecule has 2 N–H and O–H groups in total. The summed E-state index contributed by atoms with van der Waals surface area (Å²) in [6.45, 7) is 2.24. The summed E-state index contributed by atoms with van der Waals surface area (Å²) in [5.41, 5.74) is 2.55. The predicted octanol–water partition coefficient (Wildman–Crippen LogP) is 2.71. The third-order valence-corrected chi connectivity index (χ3v) is 7.74. The highest BCUT2D eigenvalue weighted by molar-refractivity contribution is 7.89. The summed E-state index contributed by atoms with van der Waals surface area (Å²) in [5, 5.41) is 13.8. The van der Waals surface area contributed by atoms with Gasteiger partial charge in [-0.3, -0.25) is 0 Å². The van der Waals surface area contributed by atoms with Gasteiger partial charge in [0, 0.05) is 31.0 Å². The summed E-state index contributed by atoms with van der Waals surface area (Å²) in [5.74, 6) is 1.48. The lowest BCUT2D eigenvalue weighted by Crippen LogP contribution is -2.51. The molecule has 34 heavy (non-hydrogen) atoms. The van der Waals surface area contributed by atoms with Gasteiger partial charge < -0.3 is 19.9 Å². The monoisotopic (exact) mass is 484 g/mol. The van der Waals surface area contributed by atoms with Crippen LogP contribution < -0.4 is 14.8 Å². The average Bonchev–Trinajstić information content (AvgIpc) is 2.86. The molecule has 1 aromatic carbocycles. The van der Waals surface area contributed by atoms with Crippen LogP contribution in [0.2, 0.25) is 0 Å². The molecule has 1 aliphatic rings. The fraction of sp³-hybridized carbons (Fsp3) is 0.333. The van der Waals surface area contributed by atoms with Crippen LogP contribution in [0.4, 0.5) is 5.82 Å². The van der Waals surface area contributed by atoms with Gasteiger partial charge >= 0.3 is 0 Å². The van der Waals surface area contributed by atoms with Gasteiger partial charge in [0.1, 0.15) is 5.82 Å². The summed E-state index contributed by atoms with van der Waals surface area (Å²) < 4.78 is 38.5. The molecule has 0 bridgehead atoms. The van der Waals surface area contributed by atoms with Gasteiger partial charge in [0.2, 0.25) is 10.0 Å². The zero-order chi connectivity index (χ0) is 24.3. The van der Waals surface area contributed by atoms with E-state index in [1.807, 2.05) is 19.1 Å². The largest absolute Gasteiger partial charge is 0.491 e. The van der Waals surface area contributed by atoms with Crippen molar-refractivity contribution in [3.05, 3.63) is 60.4 Å². The molecular formula is C24H28N4O5S. The van der Waals surface area contributed by atoms with Crippen LogP contribution in [-0.2, 0) is 10.0 Å². The lowest BCUT2D eigenvalue weighted by molar-refractivity contribution is 0.0949. The van der Waals surface area contributed by atoms with Crippen LogP contribution in [0.5, 0.6) is 11.6 Å². The molecule has 0 aliphatic carbocycles. The van der Waals surface area contributed by atoms with Crippen molar-refractivity contribution in [3.63, 3.8) is 0 Å². The van der Waals surface area contributed by atoms with E-state index in [1.165, 1.54) is 18.5 Å². The average molecular weight is 485 g/mol. The molecule has 2 atom stereocenters. The molecule has 0 spiro atoms. The van der Waals surface area contributed by atoms with Gasteiger partial charge in [-0.1, -0.05) is 18.2 Å². The number of sulfonamides is 1. The minimum absolute atomic E-state index is 0.00297. The molecule has 2 aromatic heterocycles. The van der Waals surface area contributed by atoms with Crippen LogP contribution in [-0.4, -0.2) is 67.3 Å². The lowest BCUT2D eigenvalue weighted by atomic mass is 10.0. The van der Waals surface area contributed by atoms with E-state index in [0.29, 0.717) is 30.4 Å². The Morgan fingerprint density at radius 1 is 1.06 bits per heavy atom. The van der Waals surface area contributed by atoms with E-state index in [-0.39, 0.29) is 17.5 Å². The fourth-order valence-electron chi connectivity index (χ4n) is 3.99. The molecule has 3 aromatic rings. The molecular weight excluding hydrogens is 456 g/mol. The zero-order valence-corrected chi connectivity index (χ0v) is 20.1. The number of nitrogens with zero attached hydrogens (tertiary/aromatic N) is 3. The van der Waals surface area contributed by atoms with E-state index in [2.05, 4.69) is 15.3 Å². The highest BCUT2D eigenvalue weighted by Crippen LogP contribution is 2.36. The third kappa shape index (κ3) is 4.84. The molecule has 10 heteroatoms. The minimum Gasteiger partial charge on any atom is -0.491 e. The number of pyridine rings is 2. The first-order valence-corrected chi connectivity index (χ1v) is 12.3. The van der Waals surface area contributed by atoms with Crippen molar-refractivity contribution in [2.24, 2.45) is 0 Å². The lowest BCUT2D eigenvalue weighted by Gasteiger charge is -2.35. The first-order chi connectivity index (χ1) is 16.3. The summed E-state index contributed by atoms with van der Waals surface area (Å²) in [6.07, 6.45) is 2.95. The summed E-state index contributed by atoms with van der Waals surface area (Å²) in [4.78, 5) is 8.60. The number of anilines is 1. The number of aliphatic hydroxyl groups is 1. The third-order valence-electron chi connectivity index (χ3n) is 5.86. The zero-order valence-electron chi connectivity index (χ0n) is 19.3. The first-order valence-electron chi connectivity index (χ1n) is 10.9. The van der Waals surface area contributed by atoms with Gasteiger partial charge in [-0.2, -0.15) is 4.31 Å². The van der Waals surface area contributed by atoms with Crippen molar-refractivity contribution in [2.75, 3.05) is 32.6 Å². The molecule has 1 aliphatic heterocycles. The molecule has 0 saturated carbocycles. The standard InChI is InChI=1S/C24H28N4O5S/c1-16-4-9-22(26-14-16)27-20-11-13-28(15-21(20)29)34(30,31)18-7-5-17(6-8-18)19-10-12-25-24(33-3)23(19)32-2/h4-10,12,14,20-21,29H,11,13,15H2,1-3H3,(H,26,27)/t20-,21+/m1/s1. The van der Waals surface area contributed by atoms with Gasteiger partial charge in [-0.15, -0.1) is 0 Å². The quantitative estimate of drug-likeness (QED) is 0.526. The molecule has 0 amide bonds. The molecule has 4 rings (SSSR count). The van der Waals surface area contributed by atoms with Gasteiger partial charge in [-0.25, -0.2) is 18.4 Å². The first kappa shape index (κ1) is 23.9. The second-order valence-corrected chi connectivity index (χ2v) is 10.1. The Kier molecular flexibility index (Phi) is 7.01. The molecule has 9 nitrogen and oxygen atoms in total. The van der Waals surface area contributed by atoms with E-state index in [4.69, 9.17) is 9.47 Å². The summed E-state index contributed by atoms with van der Waals surface area (Å²) in [6, 6.07) is 11.8. The van der Waals surface area contributed by atoms with E-state index in [0.717, 1.165) is 16.7 Å². The van der Waals surface area contributed by atoms with Crippen molar-refractivity contribution in [3.8, 4) is 22.8 Å². The maximum absolute atomic E-state index is 13.2. The minimum atomic E-state index is -3.76. The van der Waals surface area contributed by atoms with Crippen molar-refractivity contribution in [2.45, 2.75) is 30.4 Å². The highest BCUT2D eigenvalue weighted by atomic mass is 32.2. The number of aryl methyl sites for hydroxylation is 1. The van der Waals surface area contributed by atoms with Crippen LogP contribution in [0.25, 0.3) is 11.1 Å². The van der Waals surface area contributed by atoms with Crippen molar-refractivity contribution in [1.82, 2.24) is 14.3 Å². The number of benzene rings is 1. The number of β-amino-alcohol motifs (C(OH)–C–C–N with tert-alkyl or cyclic N) is 1. The van der Waals surface area contributed by atoms with Crippen LogP contribution in [0.15, 0.2) is 59.8 Å². The Morgan fingerprint density at radius 2 is 1.82 bits per heavy atom. The van der Waals surface area contributed by atoms with Crippen molar-refractivity contribution >= 4 is 15.8 Å².